The minimum atomic E-state index is -4.11. The molecule has 44 heavy (non-hydrogen) atoms. The number of carbonyl (C=O) groups is 4. The molecule has 2 amide bonds. The summed E-state index contributed by atoms with van der Waals surface area (Å²) < 4.78 is 53.4. The first-order chi connectivity index (χ1) is 20.5. The fourth-order valence-corrected chi connectivity index (χ4v) is 9.09. The third-order valence-corrected chi connectivity index (χ3v) is 11.7. The first kappa shape index (κ1) is 39.5. The van der Waals surface area contributed by atoms with E-state index in [-0.39, 0.29) is 51.5 Å². The second kappa shape index (κ2) is 18.4. The number of hydrogen-bond acceptors (Lipinski definition) is 11. The lowest BCUT2D eigenvalue weighted by atomic mass is 9.92. The van der Waals surface area contributed by atoms with Crippen molar-refractivity contribution < 1.29 is 51.4 Å². The van der Waals surface area contributed by atoms with E-state index in [0.717, 1.165) is 5.56 Å². The van der Waals surface area contributed by atoms with Crippen LogP contribution in [0.4, 0.5) is 0 Å². The average Bonchev–Trinajstić information content (AvgIpc) is 2.93. The van der Waals surface area contributed by atoms with Crippen LogP contribution in [0.1, 0.15) is 66.9 Å². The number of rotatable bonds is 20. The highest BCUT2D eigenvalue weighted by Gasteiger charge is 2.48. The van der Waals surface area contributed by atoms with Gasteiger partial charge in [0.25, 0.3) is 0 Å². The Morgan fingerprint density at radius 2 is 1.45 bits per heavy atom. The van der Waals surface area contributed by atoms with Crippen LogP contribution in [0, 0.1) is 5.92 Å². The second-order valence-corrected chi connectivity index (χ2v) is 16.0. The minimum Gasteiger partial charge on any atom is -0.482 e. The molecule has 0 spiro atoms. The lowest BCUT2D eigenvalue weighted by Crippen LogP contribution is -2.44. The molecule has 0 aliphatic rings. The number of hydrogen-bond donors (Lipinski definition) is 2. The van der Waals surface area contributed by atoms with E-state index in [1.165, 1.54) is 6.66 Å². The highest BCUT2D eigenvalue weighted by molar-refractivity contribution is 7.74. The van der Waals surface area contributed by atoms with Crippen LogP contribution in [-0.2, 0) is 53.0 Å². The summed E-state index contributed by atoms with van der Waals surface area (Å²) in [6.07, 6.45) is 0.366. The van der Waals surface area contributed by atoms with Gasteiger partial charge in [-0.3, -0.25) is 23.5 Å². The Morgan fingerprint density at radius 3 is 1.95 bits per heavy atom. The topological polar surface area (TPSA) is 173 Å². The number of ketones is 1. The van der Waals surface area contributed by atoms with Gasteiger partial charge in [-0.25, -0.2) is 4.79 Å². The zero-order valence-corrected chi connectivity index (χ0v) is 28.8. The minimum absolute atomic E-state index is 0.0269. The molecule has 0 bridgehead atoms. The molecule has 0 aromatic heterocycles. The zero-order valence-electron chi connectivity index (χ0n) is 27.0. The van der Waals surface area contributed by atoms with Crippen LogP contribution in [0.5, 0.6) is 5.75 Å². The summed E-state index contributed by atoms with van der Waals surface area (Å²) in [5.74, 6) is -2.36. The first-order valence-corrected chi connectivity index (χ1v) is 18.4. The van der Waals surface area contributed by atoms with Gasteiger partial charge in [-0.15, -0.1) is 0 Å². The predicted octanol–water partition coefficient (Wildman–Crippen LogP) is 4.66. The molecule has 2 unspecified atom stereocenters. The Morgan fingerprint density at radius 1 is 0.886 bits per heavy atom. The molecule has 1 rings (SSSR count). The third kappa shape index (κ3) is 14.0. The van der Waals surface area contributed by atoms with Crippen LogP contribution in [0.25, 0.3) is 0 Å². The zero-order chi connectivity index (χ0) is 33.6. The van der Waals surface area contributed by atoms with Gasteiger partial charge in [0.1, 0.15) is 17.1 Å². The quantitative estimate of drug-likeness (QED) is 0.147. The van der Waals surface area contributed by atoms with Crippen molar-refractivity contribution in [1.82, 2.24) is 10.6 Å². The van der Waals surface area contributed by atoms with Crippen molar-refractivity contribution in [2.24, 2.45) is 5.92 Å². The molecular formula is C29H48N2O11P2. The standard InChI is InChI=1S/C29H48N2O11P2/c1-9-23(32)18-22(17-21-13-15-24(16-14-21)38-20-26(34)42-29(5,6)7)27(35)30-19-25(33)31-28(43(8,36)39-10-2)44(37,40-11-3)41-12-4/h13-16,22,28H,9-12,17-20H2,1-8H3,(H,30,35)(H,31,33)/t22-,28?,43?/m1/s1. The van der Waals surface area contributed by atoms with E-state index in [1.807, 2.05) is 0 Å². The maximum atomic E-state index is 13.5. The predicted molar refractivity (Wildman–Crippen MR) is 166 cm³/mol. The van der Waals surface area contributed by atoms with Crippen molar-refractivity contribution in [1.29, 1.82) is 0 Å². The third-order valence-electron chi connectivity index (χ3n) is 5.88. The number of ether oxygens (including phenoxy) is 2. The smallest absolute Gasteiger partial charge is 0.362 e. The van der Waals surface area contributed by atoms with Crippen molar-refractivity contribution in [3.05, 3.63) is 29.8 Å². The van der Waals surface area contributed by atoms with Crippen LogP contribution in [0.2, 0.25) is 0 Å². The molecule has 0 aliphatic heterocycles. The number of amides is 2. The van der Waals surface area contributed by atoms with Crippen LogP contribution in [0.3, 0.4) is 0 Å². The summed E-state index contributed by atoms with van der Waals surface area (Å²) in [4.78, 5) is 50.2. The molecule has 13 nitrogen and oxygen atoms in total. The van der Waals surface area contributed by atoms with E-state index in [2.05, 4.69) is 10.6 Å². The number of carbonyl (C=O) groups excluding carboxylic acids is 4. The van der Waals surface area contributed by atoms with Crippen molar-refractivity contribution in [2.75, 3.05) is 39.6 Å². The highest BCUT2D eigenvalue weighted by atomic mass is 31.2. The normalized spacial score (nSPS) is 14.5. The van der Waals surface area contributed by atoms with E-state index in [1.54, 1.807) is 72.7 Å². The highest BCUT2D eigenvalue weighted by Crippen LogP contribution is 2.67. The fraction of sp³-hybridized carbons (Fsp3) is 0.655. The van der Waals surface area contributed by atoms with E-state index >= 15 is 0 Å². The van der Waals surface area contributed by atoms with Crippen LogP contribution < -0.4 is 15.4 Å². The van der Waals surface area contributed by atoms with Gasteiger partial charge in [0.05, 0.1) is 26.4 Å². The van der Waals surface area contributed by atoms with Gasteiger partial charge in [0, 0.05) is 25.4 Å². The molecule has 2 N–H and O–H groups in total. The largest absolute Gasteiger partial charge is 0.482 e. The molecule has 0 saturated heterocycles. The molecule has 0 aliphatic carbocycles. The lowest BCUT2D eigenvalue weighted by molar-refractivity contribution is -0.157. The summed E-state index contributed by atoms with van der Waals surface area (Å²) in [5.41, 5.74) is -1.50. The molecule has 0 fully saturated rings. The van der Waals surface area contributed by atoms with E-state index in [9.17, 15) is 28.3 Å². The summed E-state index contributed by atoms with van der Waals surface area (Å²) in [6, 6.07) is 6.70. The molecule has 250 valence electrons. The van der Waals surface area contributed by atoms with Gasteiger partial charge < -0.3 is 33.7 Å². The van der Waals surface area contributed by atoms with Crippen LogP contribution in [0.15, 0.2) is 24.3 Å². The summed E-state index contributed by atoms with van der Waals surface area (Å²) in [7, 11) is -7.84. The van der Waals surface area contributed by atoms with Gasteiger partial charge in [-0.2, -0.15) is 0 Å². The Labute approximate surface area is 260 Å². The Kier molecular flexibility index (Phi) is 16.5. The van der Waals surface area contributed by atoms with E-state index < -0.39 is 56.3 Å². The van der Waals surface area contributed by atoms with Crippen molar-refractivity contribution in [2.45, 2.75) is 78.9 Å². The number of nitrogens with one attached hydrogen (secondary N) is 2. The number of benzene rings is 1. The van der Waals surface area contributed by atoms with Gasteiger partial charge in [-0.1, -0.05) is 19.1 Å². The van der Waals surface area contributed by atoms with Crippen molar-refractivity contribution in [3.8, 4) is 5.75 Å². The molecule has 1 aromatic carbocycles. The SMILES string of the molecule is CCOP(C)(=O)C(NC(=O)CNC(=O)[C@@H](CC(=O)CC)Cc1ccc(OCC(=O)OC(C)(C)C)cc1)P(=O)(OCC)OCC. The second-order valence-electron chi connectivity index (χ2n) is 10.9. The average molecular weight is 663 g/mol. The summed E-state index contributed by atoms with van der Waals surface area (Å²) in [6.45, 7) is 12.1. The molecule has 15 heteroatoms. The van der Waals surface area contributed by atoms with Crippen LogP contribution >= 0.6 is 15.0 Å². The molecule has 3 atom stereocenters. The Bertz CT molecular complexity index is 1190. The monoisotopic (exact) mass is 662 g/mol. The summed E-state index contributed by atoms with van der Waals surface area (Å²) in [5, 5.41) is 4.94. The molecule has 0 heterocycles. The van der Waals surface area contributed by atoms with Crippen LogP contribution in [-0.4, -0.2) is 74.3 Å². The lowest BCUT2D eigenvalue weighted by Gasteiger charge is -2.30. The molecule has 0 radical (unpaired) electrons. The van der Waals surface area contributed by atoms with Crippen molar-refractivity contribution in [3.63, 3.8) is 0 Å². The molecular weight excluding hydrogens is 614 g/mol. The fourth-order valence-electron chi connectivity index (χ4n) is 4.02. The first-order valence-electron chi connectivity index (χ1n) is 14.6. The van der Waals surface area contributed by atoms with Gasteiger partial charge in [-0.05, 0) is 65.7 Å². The van der Waals surface area contributed by atoms with Crippen molar-refractivity contribution >= 4 is 38.5 Å². The Balaban J connectivity index is 2.97. The van der Waals surface area contributed by atoms with Gasteiger partial charge in [0.15, 0.2) is 6.61 Å². The number of esters is 1. The molecule has 1 aromatic rings. The Hall–Kier alpha value is -2.56. The number of Topliss-reactive ketones (excluding diaryl/α,β-unsaturated/α-hetero) is 1. The maximum absolute atomic E-state index is 13.5. The maximum Gasteiger partial charge on any atom is 0.362 e. The van der Waals surface area contributed by atoms with E-state index in [4.69, 9.17) is 23.0 Å². The van der Waals surface area contributed by atoms with E-state index in [0.29, 0.717) is 5.75 Å². The van der Waals surface area contributed by atoms with Gasteiger partial charge >= 0.3 is 13.6 Å². The summed E-state index contributed by atoms with van der Waals surface area (Å²) >= 11 is 0. The van der Waals surface area contributed by atoms with Gasteiger partial charge in [0.2, 0.25) is 24.7 Å². The molecule has 0 saturated carbocycles.